The van der Waals surface area contributed by atoms with E-state index in [4.69, 9.17) is 9.47 Å². The van der Waals surface area contributed by atoms with E-state index in [1.807, 2.05) is 28.8 Å². The molecule has 0 aliphatic carbocycles. The Balaban J connectivity index is 1.37. The molecule has 36 heavy (non-hydrogen) atoms. The van der Waals surface area contributed by atoms with Gasteiger partial charge in [-0.05, 0) is 63.0 Å². The SMILES string of the molecule is COc1cc(-c2cnc3cc(OCCC4CCCN4C)ccn23)cc2c1C(=O)N(CC(F)(F)F)CC2. The number of methoxy groups -OCH3 is 1. The average Bonchev–Trinajstić information content (AvgIpc) is 3.45. The van der Waals surface area contributed by atoms with Crippen molar-refractivity contribution in [3.8, 4) is 22.8 Å². The molecule has 0 bridgehead atoms. The zero-order chi connectivity index (χ0) is 25.4. The van der Waals surface area contributed by atoms with E-state index in [1.54, 1.807) is 12.3 Å². The van der Waals surface area contributed by atoms with Crippen LogP contribution in [0.5, 0.6) is 11.5 Å². The number of halogens is 3. The monoisotopic (exact) mass is 502 g/mol. The number of alkyl halides is 3. The lowest BCUT2D eigenvalue weighted by Crippen LogP contribution is -2.43. The van der Waals surface area contributed by atoms with Crippen LogP contribution in [0.4, 0.5) is 13.2 Å². The molecule has 4 heterocycles. The number of fused-ring (bicyclic) bond motifs is 2. The number of ether oxygens (including phenoxy) is 2. The molecule has 7 nitrogen and oxygen atoms in total. The van der Waals surface area contributed by atoms with Gasteiger partial charge in [-0.25, -0.2) is 4.98 Å². The number of carbonyl (C=O) groups is 1. The number of carbonyl (C=O) groups excluding carboxylic acids is 1. The Morgan fingerprint density at radius 2 is 2.03 bits per heavy atom. The van der Waals surface area contributed by atoms with E-state index < -0.39 is 18.6 Å². The van der Waals surface area contributed by atoms with E-state index in [9.17, 15) is 18.0 Å². The predicted octanol–water partition coefficient (Wildman–Crippen LogP) is 4.43. The minimum absolute atomic E-state index is 0.00243. The number of hydrogen-bond acceptors (Lipinski definition) is 5. The van der Waals surface area contributed by atoms with Crippen molar-refractivity contribution in [1.29, 1.82) is 0 Å². The fourth-order valence-corrected chi connectivity index (χ4v) is 5.23. The summed E-state index contributed by atoms with van der Waals surface area (Å²) >= 11 is 0. The number of benzene rings is 1. The summed E-state index contributed by atoms with van der Waals surface area (Å²) in [5, 5.41) is 0. The maximum Gasteiger partial charge on any atom is 0.406 e. The van der Waals surface area contributed by atoms with Crippen LogP contribution in [0.15, 0.2) is 36.7 Å². The Morgan fingerprint density at radius 3 is 2.75 bits per heavy atom. The molecule has 0 N–H and O–H groups in total. The third kappa shape index (κ3) is 4.86. The lowest BCUT2D eigenvalue weighted by molar-refractivity contribution is -0.141. The van der Waals surface area contributed by atoms with Gasteiger partial charge in [-0.1, -0.05) is 0 Å². The number of nitrogens with zero attached hydrogens (tertiary/aromatic N) is 4. The van der Waals surface area contributed by atoms with Gasteiger partial charge in [-0.15, -0.1) is 0 Å². The van der Waals surface area contributed by atoms with E-state index in [1.165, 1.54) is 20.0 Å². The van der Waals surface area contributed by atoms with Gasteiger partial charge in [0.05, 0.1) is 31.2 Å². The molecular weight excluding hydrogens is 473 g/mol. The molecule has 0 radical (unpaired) electrons. The van der Waals surface area contributed by atoms with Crippen LogP contribution in [0.3, 0.4) is 0 Å². The van der Waals surface area contributed by atoms with Crippen molar-refractivity contribution >= 4 is 11.6 Å². The van der Waals surface area contributed by atoms with Gasteiger partial charge < -0.3 is 19.3 Å². The molecule has 2 aromatic heterocycles. The third-order valence-corrected chi connectivity index (χ3v) is 7.10. The summed E-state index contributed by atoms with van der Waals surface area (Å²) in [6.07, 6.45) is 2.90. The maximum absolute atomic E-state index is 12.9. The van der Waals surface area contributed by atoms with Crippen molar-refractivity contribution in [2.24, 2.45) is 0 Å². The Morgan fingerprint density at radius 1 is 1.19 bits per heavy atom. The van der Waals surface area contributed by atoms with Gasteiger partial charge in [0.15, 0.2) is 0 Å². The van der Waals surface area contributed by atoms with E-state index in [0.717, 1.165) is 34.9 Å². The van der Waals surface area contributed by atoms with Crippen molar-refractivity contribution < 1.29 is 27.4 Å². The number of rotatable bonds is 7. The summed E-state index contributed by atoms with van der Waals surface area (Å²) in [5.74, 6) is 0.338. The third-order valence-electron chi connectivity index (χ3n) is 7.10. The molecular formula is C26H29F3N4O3. The average molecular weight is 503 g/mol. The molecule has 10 heteroatoms. The van der Waals surface area contributed by atoms with Crippen LogP contribution in [0.2, 0.25) is 0 Å². The summed E-state index contributed by atoms with van der Waals surface area (Å²) < 4.78 is 52.1. The number of pyridine rings is 1. The van der Waals surface area contributed by atoms with Crippen LogP contribution in [-0.4, -0.2) is 77.7 Å². The van der Waals surface area contributed by atoms with Gasteiger partial charge in [0.1, 0.15) is 23.7 Å². The molecule has 192 valence electrons. The molecule has 5 rings (SSSR count). The quantitative estimate of drug-likeness (QED) is 0.478. The van der Waals surface area contributed by atoms with E-state index >= 15 is 0 Å². The fraction of sp³-hybridized carbons (Fsp3) is 0.462. The van der Waals surface area contributed by atoms with Crippen molar-refractivity contribution in [2.45, 2.75) is 37.9 Å². The van der Waals surface area contributed by atoms with Crippen LogP contribution < -0.4 is 9.47 Å². The maximum atomic E-state index is 12.9. The highest BCUT2D eigenvalue weighted by Crippen LogP contribution is 2.35. The zero-order valence-electron chi connectivity index (χ0n) is 20.3. The molecule has 2 aliphatic heterocycles. The van der Waals surface area contributed by atoms with Gasteiger partial charge in [-0.3, -0.25) is 9.20 Å². The summed E-state index contributed by atoms with van der Waals surface area (Å²) in [4.78, 5) is 20.5. The first-order valence-corrected chi connectivity index (χ1v) is 12.1. The largest absolute Gasteiger partial charge is 0.496 e. The van der Waals surface area contributed by atoms with Gasteiger partial charge in [0, 0.05) is 30.4 Å². The van der Waals surface area contributed by atoms with E-state index in [2.05, 4.69) is 16.9 Å². The standard InChI is InChI=1S/C26H29F3N4O3/c1-31-8-3-4-19(31)7-11-36-20-6-10-33-21(15-30-23(33)14-20)18-12-17-5-9-32(16-26(27,28)29)25(34)24(17)22(13-18)35-2/h6,10,12-15,19H,3-5,7-9,11,16H2,1-2H3. The Kier molecular flexibility index (Phi) is 6.55. The second-order valence-electron chi connectivity index (χ2n) is 9.45. The number of aromatic nitrogens is 2. The molecule has 1 unspecified atom stereocenters. The molecule has 0 spiro atoms. The zero-order valence-corrected chi connectivity index (χ0v) is 20.3. The van der Waals surface area contributed by atoms with Crippen LogP contribution in [-0.2, 0) is 6.42 Å². The van der Waals surface area contributed by atoms with Gasteiger partial charge in [-0.2, -0.15) is 13.2 Å². The van der Waals surface area contributed by atoms with Gasteiger partial charge in [0.2, 0.25) is 0 Å². The first-order chi connectivity index (χ1) is 17.2. The smallest absolute Gasteiger partial charge is 0.406 e. The van der Waals surface area contributed by atoms with Crippen molar-refractivity contribution in [1.82, 2.24) is 19.2 Å². The molecule has 1 fully saturated rings. The van der Waals surface area contributed by atoms with Crippen molar-refractivity contribution in [3.63, 3.8) is 0 Å². The molecule has 1 amide bonds. The Hall–Kier alpha value is -3.27. The van der Waals surface area contributed by atoms with Crippen LogP contribution in [0, 0.1) is 0 Å². The van der Waals surface area contributed by atoms with E-state index in [0.29, 0.717) is 30.3 Å². The first kappa shape index (κ1) is 24.4. The lowest BCUT2D eigenvalue weighted by Gasteiger charge is -2.30. The predicted molar refractivity (Wildman–Crippen MR) is 129 cm³/mol. The second kappa shape index (κ2) is 9.65. The molecule has 1 saturated heterocycles. The summed E-state index contributed by atoms with van der Waals surface area (Å²) in [6.45, 7) is 0.509. The minimum atomic E-state index is -4.45. The van der Waals surface area contributed by atoms with Crippen LogP contribution in [0.25, 0.3) is 16.9 Å². The number of imidazole rings is 1. The normalized spacial score (nSPS) is 18.6. The molecule has 1 atom stereocenters. The molecule has 2 aliphatic rings. The van der Waals surface area contributed by atoms with Gasteiger partial charge in [0.25, 0.3) is 5.91 Å². The van der Waals surface area contributed by atoms with E-state index in [-0.39, 0.29) is 17.9 Å². The molecule has 0 saturated carbocycles. The fourth-order valence-electron chi connectivity index (χ4n) is 5.23. The summed E-state index contributed by atoms with van der Waals surface area (Å²) in [7, 11) is 3.57. The topological polar surface area (TPSA) is 59.3 Å². The lowest BCUT2D eigenvalue weighted by atomic mass is 9.94. The summed E-state index contributed by atoms with van der Waals surface area (Å²) in [5.41, 5.74) is 3.13. The van der Waals surface area contributed by atoms with Crippen molar-refractivity contribution in [2.75, 3.05) is 40.4 Å². The summed E-state index contributed by atoms with van der Waals surface area (Å²) in [6, 6.07) is 7.87. The number of amides is 1. The Bertz CT molecular complexity index is 1260. The highest BCUT2D eigenvalue weighted by atomic mass is 19.4. The Labute approximate surface area is 207 Å². The highest BCUT2D eigenvalue weighted by Gasteiger charge is 2.37. The molecule has 1 aromatic carbocycles. The number of likely N-dealkylation sites (tertiary alicyclic amines) is 1. The second-order valence-corrected chi connectivity index (χ2v) is 9.45. The first-order valence-electron chi connectivity index (χ1n) is 12.1. The molecule has 3 aromatic rings. The van der Waals surface area contributed by atoms with Gasteiger partial charge >= 0.3 is 6.18 Å². The van der Waals surface area contributed by atoms with Crippen molar-refractivity contribution in [3.05, 3.63) is 47.8 Å². The van der Waals surface area contributed by atoms with Crippen LogP contribution in [0.1, 0.15) is 35.2 Å². The highest BCUT2D eigenvalue weighted by molar-refractivity contribution is 6.00. The number of hydrogen-bond donors (Lipinski definition) is 0. The van der Waals surface area contributed by atoms with Crippen LogP contribution >= 0.6 is 0 Å². The minimum Gasteiger partial charge on any atom is -0.496 e.